The van der Waals surface area contributed by atoms with Crippen LogP contribution >= 0.6 is 0 Å². The maximum atomic E-state index is 10.9. The van der Waals surface area contributed by atoms with E-state index < -0.39 is 5.97 Å². The van der Waals surface area contributed by atoms with Crippen LogP contribution in [0.3, 0.4) is 0 Å². The minimum atomic E-state index is -0.914. The van der Waals surface area contributed by atoms with Gasteiger partial charge < -0.3 is 19.9 Å². The van der Waals surface area contributed by atoms with Gasteiger partial charge in [0.15, 0.2) is 11.5 Å². The lowest BCUT2D eigenvalue weighted by atomic mass is 10.1. The van der Waals surface area contributed by atoms with E-state index >= 15 is 0 Å². The van der Waals surface area contributed by atoms with Gasteiger partial charge in [0.25, 0.3) is 0 Å². The third-order valence-electron chi connectivity index (χ3n) is 4.64. The molecule has 0 amide bonds. The Balaban J connectivity index is 1.59. The normalized spacial score (nSPS) is 10.6. The minimum absolute atomic E-state index is 0.293. The van der Waals surface area contributed by atoms with Crippen LogP contribution in [0.2, 0.25) is 0 Å². The van der Waals surface area contributed by atoms with Gasteiger partial charge in [-0.1, -0.05) is 48.0 Å². The summed E-state index contributed by atoms with van der Waals surface area (Å²) in [4.78, 5) is 10.9. The van der Waals surface area contributed by atoms with E-state index in [2.05, 4.69) is 30.4 Å². The fourth-order valence-corrected chi connectivity index (χ4v) is 3.13. The van der Waals surface area contributed by atoms with Gasteiger partial charge in [-0.25, -0.2) is 4.79 Å². The van der Waals surface area contributed by atoms with Gasteiger partial charge in [0.05, 0.1) is 12.2 Å². The molecule has 0 aliphatic heterocycles. The molecule has 0 aliphatic carbocycles. The van der Waals surface area contributed by atoms with Crippen molar-refractivity contribution < 1.29 is 19.4 Å². The highest BCUT2D eigenvalue weighted by Gasteiger charge is 2.08. The third kappa shape index (κ3) is 6.09. The number of carboxylic acids is 1. The quantitative estimate of drug-likeness (QED) is 0.499. The number of ether oxygens (including phenoxy) is 2. The summed E-state index contributed by atoms with van der Waals surface area (Å²) in [7, 11) is 0. The number of benzene rings is 3. The van der Waals surface area contributed by atoms with E-state index in [4.69, 9.17) is 14.6 Å². The lowest BCUT2D eigenvalue weighted by Gasteiger charge is -2.14. The molecule has 5 nitrogen and oxygen atoms in total. The van der Waals surface area contributed by atoms with Gasteiger partial charge in [0.2, 0.25) is 0 Å². The van der Waals surface area contributed by atoms with Crippen LogP contribution in [0.25, 0.3) is 0 Å². The second-order valence-electron chi connectivity index (χ2n) is 7.10. The summed E-state index contributed by atoms with van der Waals surface area (Å²) in [6, 6.07) is 21.1. The van der Waals surface area contributed by atoms with Gasteiger partial charge in [-0.2, -0.15) is 0 Å². The van der Waals surface area contributed by atoms with E-state index in [0.717, 1.165) is 28.2 Å². The lowest BCUT2D eigenvalue weighted by Crippen LogP contribution is -2.13. The fourth-order valence-electron chi connectivity index (χ4n) is 3.13. The highest BCUT2D eigenvalue weighted by Crippen LogP contribution is 2.29. The first kappa shape index (κ1) is 21.4. The van der Waals surface area contributed by atoms with Crippen LogP contribution in [0, 0.1) is 6.92 Å². The predicted molar refractivity (Wildman–Crippen MR) is 117 cm³/mol. The molecule has 3 rings (SSSR count). The summed E-state index contributed by atoms with van der Waals surface area (Å²) in [5.41, 5.74) is 4.74. The highest BCUT2D eigenvalue weighted by molar-refractivity contribution is 5.87. The van der Waals surface area contributed by atoms with Crippen molar-refractivity contribution >= 4 is 5.97 Å². The topological polar surface area (TPSA) is 67.8 Å². The Morgan fingerprint density at radius 2 is 1.60 bits per heavy atom. The Morgan fingerprint density at radius 1 is 0.867 bits per heavy atom. The summed E-state index contributed by atoms with van der Waals surface area (Å²) in [6.07, 6.45) is 0. The molecule has 30 heavy (non-hydrogen) atoms. The maximum absolute atomic E-state index is 10.9. The van der Waals surface area contributed by atoms with Crippen molar-refractivity contribution in [2.24, 2.45) is 0 Å². The second-order valence-corrected chi connectivity index (χ2v) is 7.10. The third-order valence-corrected chi connectivity index (χ3v) is 4.64. The molecule has 5 heteroatoms. The largest absolute Gasteiger partial charge is 0.490 e. The number of carboxylic acid groups (broad SMARTS) is 1. The van der Waals surface area contributed by atoms with E-state index in [1.165, 1.54) is 5.56 Å². The molecule has 3 aromatic carbocycles. The lowest BCUT2D eigenvalue weighted by molar-refractivity contribution is 0.0697. The van der Waals surface area contributed by atoms with Gasteiger partial charge >= 0.3 is 5.97 Å². The van der Waals surface area contributed by atoms with E-state index in [-0.39, 0.29) is 0 Å². The second kappa shape index (κ2) is 10.5. The number of hydrogen-bond donors (Lipinski definition) is 2. The Morgan fingerprint density at radius 3 is 2.30 bits per heavy atom. The first-order valence-electron chi connectivity index (χ1n) is 10.0. The zero-order valence-corrected chi connectivity index (χ0v) is 17.4. The van der Waals surface area contributed by atoms with Crippen LogP contribution in [0.4, 0.5) is 0 Å². The Labute approximate surface area is 177 Å². The van der Waals surface area contributed by atoms with Crippen molar-refractivity contribution in [3.63, 3.8) is 0 Å². The Bertz CT molecular complexity index is 983. The van der Waals surface area contributed by atoms with Crippen LogP contribution in [0.1, 0.15) is 39.5 Å². The molecule has 0 fully saturated rings. The Hall–Kier alpha value is -3.31. The van der Waals surface area contributed by atoms with E-state index in [9.17, 15) is 4.79 Å². The molecule has 2 N–H and O–H groups in total. The smallest absolute Gasteiger partial charge is 0.335 e. The average molecular weight is 405 g/mol. The first-order chi connectivity index (χ1) is 14.5. The molecule has 0 aliphatic rings. The van der Waals surface area contributed by atoms with Gasteiger partial charge in [-0.15, -0.1) is 0 Å². The highest BCUT2D eigenvalue weighted by atomic mass is 16.5. The van der Waals surface area contributed by atoms with Crippen molar-refractivity contribution in [3.8, 4) is 11.5 Å². The maximum Gasteiger partial charge on any atom is 0.335 e. The number of aryl methyl sites for hydroxylation is 1. The number of carbonyl (C=O) groups is 1. The molecule has 156 valence electrons. The standard InChI is InChI=1S/C25H27NO4/c1-3-29-24-14-20(16-26-15-19-7-10-22(11-8-19)25(27)28)9-12-23(24)30-17-21-6-4-5-18(2)13-21/h4-14,26H,3,15-17H2,1-2H3,(H,27,28). The summed E-state index contributed by atoms with van der Waals surface area (Å²) in [6.45, 7) is 6.39. The van der Waals surface area contributed by atoms with E-state index in [0.29, 0.717) is 31.9 Å². The molecule has 0 saturated carbocycles. The summed E-state index contributed by atoms with van der Waals surface area (Å²) >= 11 is 0. The molecular weight excluding hydrogens is 378 g/mol. The molecule has 0 radical (unpaired) electrons. The van der Waals surface area contributed by atoms with E-state index in [1.54, 1.807) is 12.1 Å². The van der Waals surface area contributed by atoms with E-state index in [1.807, 2.05) is 43.3 Å². The number of aromatic carboxylic acids is 1. The zero-order valence-electron chi connectivity index (χ0n) is 17.4. The summed E-state index contributed by atoms with van der Waals surface area (Å²) in [5, 5.41) is 12.3. The van der Waals surface area contributed by atoms with Gasteiger partial charge in [0, 0.05) is 13.1 Å². The van der Waals surface area contributed by atoms with Gasteiger partial charge in [0.1, 0.15) is 6.61 Å². The van der Waals surface area contributed by atoms with Crippen molar-refractivity contribution in [2.75, 3.05) is 6.61 Å². The number of hydrogen-bond acceptors (Lipinski definition) is 4. The van der Waals surface area contributed by atoms with Crippen molar-refractivity contribution in [1.82, 2.24) is 5.32 Å². The summed E-state index contributed by atoms with van der Waals surface area (Å²) in [5.74, 6) is 0.546. The average Bonchev–Trinajstić information content (AvgIpc) is 2.74. The predicted octanol–water partition coefficient (Wildman–Crippen LogP) is 4.96. The summed E-state index contributed by atoms with van der Waals surface area (Å²) < 4.78 is 11.8. The first-order valence-corrected chi connectivity index (χ1v) is 10.0. The molecule has 0 aromatic heterocycles. The molecule has 0 spiro atoms. The molecule has 3 aromatic rings. The molecule has 0 saturated heterocycles. The van der Waals surface area contributed by atoms with Crippen molar-refractivity contribution in [3.05, 3.63) is 94.5 Å². The van der Waals surface area contributed by atoms with Crippen LogP contribution < -0.4 is 14.8 Å². The molecule has 0 heterocycles. The van der Waals surface area contributed by atoms with Crippen LogP contribution in [-0.4, -0.2) is 17.7 Å². The number of nitrogens with one attached hydrogen (secondary N) is 1. The van der Waals surface area contributed by atoms with Crippen molar-refractivity contribution in [1.29, 1.82) is 0 Å². The molecule has 0 unspecified atom stereocenters. The van der Waals surface area contributed by atoms with Gasteiger partial charge in [-0.05, 0) is 54.8 Å². The van der Waals surface area contributed by atoms with Crippen LogP contribution in [0.5, 0.6) is 11.5 Å². The molecule has 0 bridgehead atoms. The Kier molecular flexibility index (Phi) is 7.46. The zero-order chi connectivity index (χ0) is 21.3. The van der Waals surface area contributed by atoms with Crippen LogP contribution in [0.15, 0.2) is 66.7 Å². The minimum Gasteiger partial charge on any atom is -0.490 e. The fraction of sp³-hybridized carbons (Fsp3) is 0.240. The molecule has 0 atom stereocenters. The monoisotopic (exact) mass is 405 g/mol. The van der Waals surface area contributed by atoms with Gasteiger partial charge in [-0.3, -0.25) is 0 Å². The van der Waals surface area contributed by atoms with Crippen LogP contribution in [-0.2, 0) is 19.7 Å². The number of rotatable bonds is 10. The van der Waals surface area contributed by atoms with Crippen molar-refractivity contribution in [2.45, 2.75) is 33.5 Å². The SMILES string of the molecule is CCOc1cc(CNCc2ccc(C(=O)O)cc2)ccc1OCc1cccc(C)c1. The molecular formula is C25H27NO4.